The molecule has 0 aromatic rings. The van der Waals surface area contributed by atoms with Crippen LogP contribution in [0.5, 0.6) is 0 Å². The number of hydrogen-bond acceptors (Lipinski definition) is 0. The summed E-state index contributed by atoms with van der Waals surface area (Å²) in [5.41, 5.74) is 0.727. The maximum atomic E-state index is 2.39. The normalized spacial score (nSPS) is 24.5. The fourth-order valence-corrected chi connectivity index (χ4v) is 2.79. The summed E-state index contributed by atoms with van der Waals surface area (Å²) in [6.45, 7) is 4.78. The summed E-state index contributed by atoms with van der Waals surface area (Å²) < 4.78 is 0. The molecule has 78 valence electrons. The summed E-state index contributed by atoms with van der Waals surface area (Å²) in [5.74, 6) is 0. The zero-order valence-corrected chi connectivity index (χ0v) is 9.57. The molecule has 1 aliphatic carbocycles. The van der Waals surface area contributed by atoms with Crippen LogP contribution in [0.1, 0.15) is 78.1 Å². The average molecular weight is 182 g/mol. The first-order valence-electron chi connectivity index (χ1n) is 6.33. The average Bonchev–Trinajstić information content (AvgIpc) is 2.29. The van der Waals surface area contributed by atoms with Crippen LogP contribution in [0, 0.1) is 5.41 Å². The van der Waals surface area contributed by atoms with E-state index in [1.165, 1.54) is 64.2 Å². The molecule has 0 aromatic carbocycles. The van der Waals surface area contributed by atoms with Crippen molar-refractivity contribution in [1.29, 1.82) is 0 Å². The van der Waals surface area contributed by atoms with Crippen molar-refractivity contribution in [3.8, 4) is 0 Å². The van der Waals surface area contributed by atoms with Gasteiger partial charge in [0.1, 0.15) is 0 Å². The Morgan fingerprint density at radius 3 is 1.46 bits per heavy atom. The molecule has 0 bridgehead atoms. The van der Waals surface area contributed by atoms with E-state index in [1.807, 2.05) is 0 Å². The van der Waals surface area contributed by atoms with E-state index in [0.29, 0.717) is 0 Å². The molecule has 1 aliphatic rings. The van der Waals surface area contributed by atoms with Gasteiger partial charge in [-0.1, -0.05) is 65.2 Å². The van der Waals surface area contributed by atoms with Crippen molar-refractivity contribution in [1.82, 2.24) is 0 Å². The van der Waals surface area contributed by atoms with Crippen LogP contribution in [0.25, 0.3) is 0 Å². The molecule has 1 rings (SSSR count). The molecule has 0 unspecified atom stereocenters. The van der Waals surface area contributed by atoms with Crippen molar-refractivity contribution in [2.45, 2.75) is 78.1 Å². The minimum absolute atomic E-state index is 0.727. The molecule has 0 saturated heterocycles. The maximum Gasteiger partial charge on any atom is -0.0303 e. The summed E-state index contributed by atoms with van der Waals surface area (Å²) in [5, 5.41) is 0. The van der Waals surface area contributed by atoms with Gasteiger partial charge < -0.3 is 0 Å². The van der Waals surface area contributed by atoms with E-state index >= 15 is 0 Å². The van der Waals surface area contributed by atoms with E-state index in [0.717, 1.165) is 5.41 Å². The lowest BCUT2D eigenvalue weighted by molar-refractivity contribution is 0.209. The van der Waals surface area contributed by atoms with Crippen LogP contribution in [0.2, 0.25) is 0 Å². The monoisotopic (exact) mass is 182 g/mol. The van der Waals surface area contributed by atoms with Crippen molar-refractivity contribution in [2.75, 3.05) is 0 Å². The molecule has 0 heteroatoms. The van der Waals surface area contributed by atoms with Crippen molar-refractivity contribution < 1.29 is 0 Å². The Bertz CT molecular complexity index is 110. The van der Waals surface area contributed by atoms with Gasteiger partial charge >= 0.3 is 0 Å². The molecule has 13 heavy (non-hydrogen) atoms. The largest absolute Gasteiger partial charge is 0.0649 e. The predicted molar refractivity (Wildman–Crippen MR) is 60.0 cm³/mol. The molecule has 0 N–H and O–H groups in total. The Kier molecular flexibility index (Phi) is 4.83. The molecule has 0 heterocycles. The molecule has 0 nitrogen and oxygen atoms in total. The SMILES string of the molecule is CCC1(CC)CCCCCCCC1. The first kappa shape index (κ1) is 11.1. The Balaban J connectivity index is 2.47. The molecule has 1 saturated carbocycles. The molecule has 0 spiro atoms. The van der Waals surface area contributed by atoms with Gasteiger partial charge in [0.15, 0.2) is 0 Å². The van der Waals surface area contributed by atoms with Crippen molar-refractivity contribution in [2.24, 2.45) is 5.41 Å². The molecular formula is C13H26. The Labute approximate surface area is 84.1 Å². The van der Waals surface area contributed by atoms with E-state index in [9.17, 15) is 0 Å². The minimum atomic E-state index is 0.727. The highest BCUT2D eigenvalue weighted by molar-refractivity contribution is 4.77. The fourth-order valence-electron chi connectivity index (χ4n) is 2.79. The maximum absolute atomic E-state index is 2.39. The van der Waals surface area contributed by atoms with Gasteiger partial charge in [-0.05, 0) is 18.3 Å². The van der Waals surface area contributed by atoms with E-state index in [4.69, 9.17) is 0 Å². The van der Waals surface area contributed by atoms with Crippen LogP contribution in [0.15, 0.2) is 0 Å². The highest BCUT2D eigenvalue weighted by Gasteiger charge is 2.25. The second kappa shape index (κ2) is 5.67. The third kappa shape index (κ3) is 3.32. The standard InChI is InChI=1S/C13H26/c1-3-13(4-2)11-9-7-5-6-8-10-12-13/h3-12H2,1-2H3. The second-order valence-corrected chi connectivity index (χ2v) is 4.83. The number of hydrogen-bond donors (Lipinski definition) is 0. The van der Waals surface area contributed by atoms with Crippen LogP contribution in [-0.4, -0.2) is 0 Å². The van der Waals surface area contributed by atoms with Gasteiger partial charge in [-0.15, -0.1) is 0 Å². The van der Waals surface area contributed by atoms with Crippen LogP contribution in [0.4, 0.5) is 0 Å². The molecule has 0 aliphatic heterocycles. The van der Waals surface area contributed by atoms with Gasteiger partial charge in [0.05, 0.1) is 0 Å². The van der Waals surface area contributed by atoms with E-state index < -0.39 is 0 Å². The molecule has 0 aromatic heterocycles. The summed E-state index contributed by atoms with van der Waals surface area (Å²) in [4.78, 5) is 0. The summed E-state index contributed by atoms with van der Waals surface area (Å²) >= 11 is 0. The Hall–Kier alpha value is 0. The Morgan fingerprint density at radius 2 is 1.08 bits per heavy atom. The van der Waals surface area contributed by atoms with Crippen LogP contribution in [-0.2, 0) is 0 Å². The zero-order chi connectivity index (χ0) is 9.57. The van der Waals surface area contributed by atoms with E-state index in [1.54, 1.807) is 0 Å². The van der Waals surface area contributed by atoms with Crippen molar-refractivity contribution >= 4 is 0 Å². The highest BCUT2D eigenvalue weighted by atomic mass is 14.3. The lowest BCUT2D eigenvalue weighted by atomic mass is 9.74. The van der Waals surface area contributed by atoms with Gasteiger partial charge in [-0.25, -0.2) is 0 Å². The van der Waals surface area contributed by atoms with Gasteiger partial charge in [-0.3, -0.25) is 0 Å². The smallest absolute Gasteiger partial charge is 0.0303 e. The Morgan fingerprint density at radius 1 is 0.692 bits per heavy atom. The first-order chi connectivity index (χ1) is 6.33. The zero-order valence-electron chi connectivity index (χ0n) is 9.57. The van der Waals surface area contributed by atoms with Crippen LogP contribution >= 0.6 is 0 Å². The third-order valence-corrected chi connectivity index (χ3v) is 4.16. The number of rotatable bonds is 2. The summed E-state index contributed by atoms with van der Waals surface area (Å²) in [6.07, 6.45) is 14.7. The van der Waals surface area contributed by atoms with Gasteiger partial charge in [-0.2, -0.15) is 0 Å². The summed E-state index contributed by atoms with van der Waals surface area (Å²) in [7, 11) is 0. The molecule has 0 radical (unpaired) electrons. The third-order valence-electron chi connectivity index (χ3n) is 4.16. The van der Waals surface area contributed by atoms with Gasteiger partial charge in [0.2, 0.25) is 0 Å². The molecule has 0 amide bonds. The minimum Gasteiger partial charge on any atom is -0.0649 e. The predicted octanol–water partition coefficient (Wildman–Crippen LogP) is 4.93. The second-order valence-electron chi connectivity index (χ2n) is 4.83. The topological polar surface area (TPSA) is 0 Å². The molecular weight excluding hydrogens is 156 g/mol. The quantitative estimate of drug-likeness (QED) is 0.568. The molecule has 0 atom stereocenters. The first-order valence-corrected chi connectivity index (χ1v) is 6.33. The van der Waals surface area contributed by atoms with Crippen molar-refractivity contribution in [3.63, 3.8) is 0 Å². The lowest BCUT2D eigenvalue weighted by Gasteiger charge is -2.31. The van der Waals surface area contributed by atoms with Gasteiger partial charge in [0, 0.05) is 0 Å². The van der Waals surface area contributed by atoms with E-state index in [2.05, 4.69) is 13.8 Å². The van der Waals surface area contributed by atoms with E-state index in [-0.39, 0.29) is 0 Å². The molecule has 1 fully saturated rings. The van der Waals surface area contributed by atoms with Gasteiger partial charge in [0.25, 0.3) is 0 Å². The lowest BCUT2D eigenvalue weighted by Crippen LogP contribution is -2.18. The van der Waals surface area contributed by atoms with Crippen LogP contribution < -0.4 is 0 Å². The summed E-state index contributed by atoms with van der Waals surface area (Å²) in [6, 6.07) is 0. The highest BCUT2D eigenvalue weighted by Crippen LogP contribution is 2.39. The van der Waals surface area contributed by atoms with Crippen molar-refractivity contribution in [3.05, 3.63) is 0 Å². The fraction of sp³-hybridized carbons (Fsp3) is 1.00. The van der Waals surface area contributed by atoms with Crippen LogP contribution in [0.3, 0.4) is 0 Å².